The smallest absolute Gasteiger partial charge is 0.0713 e. The molecule has 0 bridgehead atoms. The van der Waals surface area contributed by atoms with Gasteiger partial charge in [-0.2, -0.15) is 0 Å². The molecule has 11 aromatic rings. The lowest BCUT2D eigenvalue weighted by atomic mass is 9.67. The van der Waals surface area contributed by atoms with Crippen molar-refractivity contribution in [3.05, 3.63) is 277 Å². The first kappa shape index (κ1) is 40.8. The molecule has 2 aromatic heterocycles. The fourth-order valence-corrected chi connectivity index (χ4v) is 13.2. The third kappa shape index (κ3) is 6.39. The molecule has 9 aromatic carbocycles. The van der Waals surface area contributed by atoms with Crippen LogP contribution < -0.4 is 4.90 Å². The monoisotopic (exact) mass is 912 g/mol. The van der Waals surface area contributed by atoms with E-state index in [0.29, 0.717) is 5.92 Å². The predicted molar refractivity (Wildman–Crippen MR) is 298 cm³/mol. The molecule has 3 aliphatic carbocycles. The number of hydrogen-bond acceptors (Lipinski definition) is 2. The van der Waals surface area contributed by atoms with Gasteiger partial charge in [-0.1, -0.05) is 176 Å². The van der Waals surface area contributed by atoms with Crippen molar-refractivity contribution in [3.63, 3.8) is 0 Å². The van der Waals surface area contributed by atoms with E-state index in [1.807, 2.05) is 11.3 Å². The maximum absolute atomic E-state index is 2.52. The van der Waals surface area contributed by atoms with Crippen molar-refractivity contribution < 1.29 is 0 Å². The standard InChI is InChI=1S/C67H48N2S/c1-4-16-45(17-5-1)46-28-34-52(35-29-46)68(54-38-39-58-57-24-12-15-27-65(57)70-66(58)44-54)53-36-30-47(31-37-53)48-32-40-63-59(42-48)60-43-50(33-41-64(60)69(63)51-20-8-3-9-21-51)67(49-18-6-2-7-19-49)61-25-13-10-22-55(61)56-23-11-14-26-62(56)67/h1-8,10-16,18-20,22-45H,9,17,21H2. The normalized spacial score (nSPS) is 15.7. The summed E-state index contributed by atoms with van der Waals surface area (Å²) < 4.78 is 5.13. The number of aromatic nitrogens is 1. The Morgan fingerprint density at radius 1 is 0.471 bits per heavy atom. The Morgan fingerprint density at radius 3 is 1.87 bits per heavy atom. The van der Waals surface area contributed by atoms with Crippen molar-refractivity contribution in [3.8, 4) is 22.3 Å². The summed E-state index contributed by atoms with van der Waals surface area (Å²) in [7, 11) is 0. The molecule has 14 rings (SSSR count). The van der Waals surface area contributed by atoms with Gasteiger partial charge in [0.05, 0.1) is 16.4 Å². The molecule has 0 N–H and O–H groups in total. The SMILES string of the molecule is C1=CCCC(n2c3ccc(-c4ccc(N(c5ccc(C6C=CC=CC6)cc5)c5ccc6c(c5)sc5ccccc56)cc4)cc3c3cc(C4(c5ccccc5)c5ccccc5-c5ccccc54)ccc32)=C1. The molecular formula is C67H48N2S. The van der Waals surface area contributed by atoms with E-state index in [-0.39, 0.29) is 0 Å². The Balaban J connectivity index is 0.913. The number of thiophene rings is 1. The van der Waals surface area contributed by atoms with Crippen molar-refractivity contribution in [1.29, 1.82) is 0 Å². The minimum atomic E-state index is -0.477. The third-order valence-electron chi connectivity index (χ3n) is 15.3. The first-order chi connectivity index (χ1) is 34.7. The van der Waals surface area contributed by atoms with E-state index < -0.39 is 5.41 Å². The highest BCUT2D eigenvalue weighted by Gasteiger charge is 2.46. The summed E-state index contributed by atoms with van der Waals surface area (Å²) in [5, 5.41) is 5.15. The molecule has 2 heterocycles. The van der Waals surface area contributed by atoms with Gasteiger partial charge >= 0.3 is 0 Å². The number of anilines is 3. The van der Waals surface area contributed by atoms with Gasteiger partial charge in [-0.3, -0.25) is 0 Å². The predicted octanol–water partition coefficient (Wildman–Crippen LogP) is 18.5. The van der Waals surface area contributed by atoms with Crippen molar-refractivity contribution >= 4 is 76.1 Å². The van der Waals surface area contributed by atoms with Gasteiger partial charge in [0.15, 0.2) is 0 Å². The maximum Gasteiger partial charge on any atom is 0.0713 e. The van der Waals surface area contributed by atoms with Crippen LogP contribution in [0, 0.1) is 0 Å². The summed E-state index contributed by atoms with van der Waals surface area (Å²) >= 11 is 1.87. The Labute approximate surface area is 412 Å². The molecule has 1 atom stereocenters. The lowest BCUT2D eigenvalue weighted by Gasteiger charge is -2.34. The molecule has 0 spiro atoms. The summed E-state index contributed by atoms with van der Waals surface area (Å²) in [5.41, 5.74) is 18.3. The lowest BCUT2D eigenvalue weighted by Crippen LogP contribution is -2.28. The highest BCUT2D eigenvalue weighted by atomic mass is 32.1. The van der Waals surface area contributed by atoms with Gasteiger partial charge in [0.1, 0.15) is 0 Å². The minimum absolute atomic E-state index is 0.400. The average molecular weight is 913 g/mol. The molecular weight excluding hydrogens is 865 g/mol. The van der Waals surface area contributed by atoms with Gasteiger partial charge in [-0.25, -0.2) is 0 Å². The Kier molecular flexibility index (Phi) is 9.60. The summed E-state index contributed by atoms with van der Waals surface area (Å²) in [4.78, 5) is 2.42. The van der Waals surface area contributed by atoms with Crippen molar-refractivity contribution in [2.24, 2.45) is 0 Å². The maximum atomic E-state index is 2.52. The van der Waals surface area contributed by atoms with Gasteiger partial charge in [-0.15, -0.1) is 11.3 Å². The summed E-state index contributed by atoms with van der Waals surface area (Å²) in [6.07, 6.45) is 18.8. The molecule has 2 nitrogen and oxygen atoms in total. The van der Waals surface area contributed by atoms with Crippen LogP contribution in [0.2, 0.25) is 0 Å². The molecule has 0 radical (unpaired) electrons. The molecule has 0 fully saturated rings. The van der Waals surface area contributed by atoms with Crippen molar-refractivity contribution in [2.45, 2.75) is 30.6 Å². The molecule has 0 amide bonds. The van der Waals surface area contributed by atoms with E-state index >= 15 is 0 Å². The molecule has 3 heteroatoms. The fourth-order valence-electron chi connectivity index (χ4n) is 12.0. The largest absolute Gasteiger partial charge is 0.313 e. The molecule has 1 unspecified atom stereocenters. The van der Waals surface area contributed by atoms with Crippen LogP contribution in [-0.4, -0.2) is 4.57 Å². The second-order valence-electron chi connectivity index (χ2n) is 19.0. The van der Waals surface area contributed by atoms with Crippen LogP contribution in [0.1, 0.15) is 53.0 Å². The lowest BCUT2D eigenvalue weighted by molar-refractivity contribution is 0.770. The van der Waals surface area contributed by atoms with Crippen LogP contribution in [0.15, 0.2) is 249 Å². The van der Waals surface area contributed by atoms with Gasteiger partial charge in [-0.05, 0) is 142 Å². The van der Waals surface area contributed by atoms with Gasteiger partial charge in [0.25, 0.3) is 0 Å². The Morgan fingerprint density at radius 2 is 1.13 bits per heavy atom. The second kappa shape index (κ2) is 16.5. The van der Waals surface area contributed by atoms with E-state index in [0.717, 1.165) is 36.3 Å². The Bertz CT molecular complexity index is 3930. The first-order valence-electron chi connectivity index (χ1n) is 24.7. The molecule has 0 aliphatic heterocycles. The van der Waals surface area contributed by atoms with E-state index in [4.69, 9.17) is 0 Å². The van der Waals surface area contributed by atoms with Crippen LogP contribution in [0.5, 0.6) is 0 Å². The van der Waals surface area contributed by atoms with E-state index in [9.17, 15) is 0 Å². The van der Waals surface area contributed by atoms with E-state index in [2.05, 4.69) is 258 Å². The highest BCUT2D eigenvalue weighted by Crippen LogP contribution is 2.56. The molecule has 0 saturated heterocycles. The summed E-state index contributed by atoms with van der Waals surface area (Å²) in [5.74, 6) is 0.400. The molecule has 70 heavy (non-hydrogen) atoms. The zero-order chi connectivity index (χ0) is 46.2. The zero-order valence-corrected chi connectivity index (χ0v) is 39.5. The van der Waals surface area contributed by atoms with Gasteiger partial charge < -0.3 is 9.47 Å². The summed E-state index contributed by atoms with van der Waals surface area (Å²) in [6.45, 7) is 0. The number of allylic oxidation sites excluding steroid dienone is 8. The fraction of sp³-hybridized carbons (Fsp3) is 0.0746. The van der Waals surface area contributed by atoms with Crippen molar-refractivity contribution in [1.82, 2.24) is 4.57 Å². The molecule has 332 valence electrons. The third-order valence-corrected chi connectivity index (χ3v) is 16.4. The highest BCUT2D eigenvalue weighted by molar-refractivity contribution is 7.25. The average Bonchev–Trinajstić information content (AvgIpc) is 4.08. The van der Waals surface area contributed by atoms with Crippen LogP contribution in [0.3, 0.4) is 0 Å². The van der Waals surface area contributed by atoms with Crippen molar-refractivity contribution in [2.75, 3.05) is 4.90 Å². The number of fused-ring (bicyclic) bond motifs is 9. The summed E-state index contributed by atoms with van der Waals surface area (Å²) in [6, 6.07) is 77.8. The zero-order valence-electron chi connectivity index (χ0n) is 38.7. The van der Waals surface area contributed by atoms with E-state index in [1.165, 1.54) is 97.7 Å². The minimum Gasteiger partial charge on any atom is -0.313 e. The number of rotatable bonds is 8. The van der Waals surface area contributed by atoms with E-state index in [1.54, 1.807) is 0 Å². The number of benzene rings is 9. The molecule has 0 saturated carbocycles. The molecule has 3 aliphatic rings. The van der Waals surface area contributed by atoms with Gasteiger partial charge in [0, 0.05) is 59.6 Å². The number of hydrogen-bond donors (Lipinski definition) is 0. The van der Waals surface area contributed by atoms with Crippen LogP contribution in [0.4, 0.5) is 17.1 Å². The van der Waals surface area contributed by atoms with Crippen LogP contribution in [-0.2, 0) is 5.41 Å². The second-order valence-corrected chi connectivity index (χ2v) is 20.1. The topological polar surface area (TPSA) is 8.17 Å². The first-order valence-corrected chi connectivity index (χ1v) is 25.5. The Hall–Kier alpha value is -8.24. The van der Waals surface area contributed by atoms with Crippen LogP contribution in [0.25, 0.3) is 69.9 Å². The van der Waals surface area contributed by atoms with Gasteiger partial charge in [0.2, 0.25) is 0 Å². The number of nitrogens with zero attached hydrogens (tertiary/aromatic N) is 2. The van der Waals surface area contributed by atoms with Crippen LogP contribution >= 0.6 is 11.3 Å². The quantitative estimate of drug-likeness (QED) is 0.147.